The van der Waals surface area contributed by atoms with Crippen molar-refractivity contribution in [3.8, 4) is 22.6 Å². The number of nitrogen functional groups attached to an aromatic ring is 1. The summed E-state index contributed by atoms with van der Waals surface area (Å²) in [6.07, 6.45) is 9.97. The van der Waals surface area contributed by atoms with E-state index < -0.39 is 0 Å². The molecule has 0 radical (unpaired) electrons. The smallest absolute Gasteiger partial charge is 0.146 e. The molecule has 1 saturated carbocycles. The van der Waals surface area contributed by atoms with Crippen molar-refractivity contribution in [1.82, 2.24) is 19.4 Å². The Morgan fingerprint density at radius 3 is 2.35 bits per heavy atom. The van der Waals surface area contributed by atoms with Crippen LogP contribution in [0.5, 0.6) is 11.5 Å². The average molecular weight is 456 g/mol. The molecule has 0 atom stereocenters. The standard InChI is InChI=1S/C28H33N5O/c1-32(2)17-16-20-8-12-22(13-9-20)33-18-25(26-27(29)30-19-31-28(26)33)21-10-14-24(15-11-21)34-23-6-4-3-5-7-23/h3-7,10-11,14-15,18-20,22H,8-9,12-13,16-17H2,1-2H3,(H2,29,30,31). The number of ether oxygens (including phenoxy) is 1. The number of nitrogens with zero attached hydrogens (tertiary/aromatic N) is 4. The third-order valence-electron chi connectivity index (χ3n) is 6.98. The van der Waals surface area contributed by atoms with Gasteiger partial charge in [0.25, 0.3) is 0 Å². The molecule has 0 bridgehead atoms. The van der Waals surface area contributed by atoms with Crippen LogP contribution >= 0.6 is 0 Å². The van der Waals surface area contributed by atoms with Gasteiger partial charge in [-0.2, -0.15) is 0 Å². The number of anilines is 1. The van der Waals surface area contributed by atoms with Crippen molar-refractivity contribution in [2.45, 2.75) is 38.1 Å². The minimum absolute atomic E-state index is 0.446. The molecular weight excluding hydrogens is 422 g/mol. The Kier molecular flexibility index (Phi) is 6.50. The highest BCUT2D eigenvalue weighted by molar-refractivity contribution is 6.00. The zero-order valence-electron chi connectivity index (χ0n) is 20.0. The quantitative estimate of drug-likeness (QED) is 0.362. The highest BCUT2D eigenvalue weighted by atomic mass is 16.5. The fourth-order valence-electron chi connectivity index (χ4n) is 5.09. The third-order valence-corrected chi connectivity index (χ3v) is 6.98. The van der Waals surface area contributed by atoms with Crippen molar-refractivity contribution < 1.29 is 4.74 Å². The van der Waals surface area contributed by atoms with Gasteiger partial charge in [0.1, 0.15) is 29.3 Å². The van der Waals surface area contributed by atoms with Gasteiger partial charge < -0.3 is 19.9 Å². The second-order valence-corrected chi connectivity index (χ2v) is 9.61. The lowest BCUT2D eigenvalue weighted by atomic mass is 9.84. The lowest BCUT2D eigenvalue weighted by Crippen LogP contribution is -2.22. The SMILES string of the molecule is CN(C)CCC1CCC(n2cc(-c3ccc(Oc4ccccc4)cc3)c3c(N)ncnc32)CC1. The molecule has 2 aromatic heterocycles. The van der Waals surface area contributed by atoms with Crippen LogP contribution in [0.1, 0.15) is 38.1 Å². The lowest BCUT2D eigenvalue weighted by molar-refractivity contribution is 0.245. The number of fused-ring (bicyclic) bond motifs is 1. The summed E-state index contributed by atoms with van der Waals surface area (Å²) in [5.41, 5.74) is 9.47. The number of nitrogens with two attached hydrogens (primary N) is 1. The van der Waals surface area contributed by atoms with Crippen LogP contribution in [0.15, 0.2) is 67.1 Å². The molecule has 6 nitrogen and oxygen atoms in total. The Morgan fingerprint density at radius 1 is 0.941 bits per heavy atom. The highest BCUT2D eigenvalue weighted by Crippen LogP contribution is 2.40. The molecule has 0 amide bonds. The predicted octanol–water partition coefficient (Wildman–Crippen LogP) is 6.16. The molecule has 0 saturated heterocycles. The van der Waals surface area contributed by atoms with Crippen molar-refractivity contribution in [3.05, 3.63) is 67.1 Å². The summed E-state index contributed by atoms with van der Waals surface area (Å²) < 4.78 is 8.31. The van der Waals surface area contributed by atoms with E-state index in [4.69, 9.17) is 10.5 Å². The summed E-state index contributed by atoms with van der Waals surface area (Å²) in [5, 5.41) is 0.939. The Labute approximate surface area is 201 Å². The Bertz CT molecular complexity index is 1230. The van der Waals surface area contributed by atoms with E-state index >= 15 is 0 Å². The number of hydrogen-bond donors (Lipinski definition) is 1. The molecule has 2 N–H and O–H groups in total. The maximum Gasteiger partial charge on any atom is 0.146 e. The molecule has 1 aliphatic carbocycles. The van der Waals surface area contributed by atoms with Crippen LogP contribution in [0.2, 0.25) is 0 Å². The summed E-state index contributed by atoms with van der Waals surface area (Å²) >= 11 is 0. The van der Waals surface area contributed by atoms with Crippen LogP contribution in [-0.2, 0) is 0 Å². The second kappa shape index (κ2) is 9.85. The van der Waals surface area contributed by atoms with Crippen LogP contribution in [0.3, 0.4) is 0 Å². The Balaban J connectivity index is 1.40. The van der Waals surface area contributed by atoms with Gasteiger partial charge in [-0.15, -0.1) is 0 Å². The van der Waals surface area contributed by atoms with Crippen molar-refractivity contribution in [2.24, 2.45) is 5.92 Å². The minimum Gasteiger partial charge on any atom is -0.457 e. The van der Waals surface area contributed by atoms with Crippen molar-refractivity contribution >= 4 is 16.9 Å². The zero-order valence-corrected chi connectivity index (χ0v) is 20.0. The van der Waals surface area contributed by atoms with E-state index in [9.17, 15) is 0 Å². The molecular formula is C28H33N5O. The first kappa shape index (κ1) is 22.4. The largest absolute Gasteiger partial charge is 0.457 e. The van der Waals surface area contributed by atoms with E-state index in [1.54, 1.807) is 6.33 Å². The maximum atomic E-state index is 6.37. The minimum atomic E-state index is 0.446. The molecule has 5 rings (SSSR count). The third kappa shape index (κ3) is 4.77. The summed E-state index contributed by atoms with van der Waals surface area (Å²) in [5.74, 6) is 2.98. The fraction of sp³-hybridized carbons (Fsp3) is 0.357. The molecule has 6 heteroatoms. The van der Waals surface area contributed by atoms with E-state index in [-0.39, 0.29) is 0 Å². The Morgan fingerprint density at radius 2 is 1.65 bits per heavy atom. The Hall–Kier alpha value is -3.38. The topological polar surface area (TPSA) is 69.2 Å². The van der Waals surface area contributed by atoms with E-state index in [2.05, 4.69) is 51.9 Å². The first-order valence-electron chi connectivity index (χ1n) is 12.2. The van der Waals surface area contributed by atoms with Crippen molar-refractivity contribution in [3.63, 3.8) is 0 Å². The van der Waals surface area contributed by atoms with Crippen molar-refractivity contribution in [1.29, 1.82) is 0 Å². The number of rotatable bonds is 7. The lowest BCUT2D eigenvalue weighted by Gasteiger charge is -2.30. The first-order chi connectivity index (χ1) is 16.6. The number of aromatic nitrogens is 3. The van der Waals surface area contributed by atoms with Crippen molar-refractivity contribution in [2.75, 3.05) is 26.4 Å². The summed E-state index contributed by atoms with van der Waals surface area (Å²) in [6, 6.07) is 18.4. The molecule has 2 heterocycles. The highest BCUT2D eigenvalue weighted by Gasteiger charge is 2.25. The summed E-state index contributed by atoms with van der Waals surface area (Å²) in [7, 11) is 4.31. The van der Waals surface area contributed by atoms with E-state index in [1.165, 1.54) is 38.6 Å². The van der Waals surface area contributed by atoms with E-state index in [0.29, 0.717) is 11.9 Å². The van der Waals surface area contributed by atoms with Gasteiger partial charge in [0, 0.05) is 17.8 Å². The van der Waals surface area contributed by atoms with Gasteiger partial charge in [-0.3, -0.25) is 0 Å². The van der Waals surface area contributed by atoms with E-state index in [0.717, 1.165) is 39.6 Å². The van der Waals surface area contributed by atoms with Crippen LogP contribution in [0.25, 0.3) is 22.2 Å². The molecule has 4 aromatic rings. The van der Waals surface area contributed by atoms with Crippen LogP contribution < -0.4 is 10.5 Å². The number of hydrogen-bond acceptors (Lipinski definition) is 5. The second-order valence-electron chi connectivity index (χ2n) is 9.61. The molecule has 0 spiro atoms. The van der Waals surface area contributed by atoms with Gasteiger partial charge in [-0.1, -0.05) is 30.3 Å². The van der Waals surface area contributed by atoms with E-state index in [1.807, 2.05) is 42.5 Å². The van der Waals surface area contributed by atoms with Crippen LogP contribution in [0, 0.1) is 5.92 Å². The van der Waals surface area contributed by atoms with Gasteiger partial charge in [0.15, 0.2) is 0 Å². The molecule has 1 fully saturated rings. The summed E-state index contributed by atoms with van der Waals surface area (Å²) in [6.45, 7) is 1.17. The molecule has 1 aliphatic rings. The maximum absolute atomic E-state index is 6.37. The number of para-hydroxylation sites is 1. The van der Waals surface area contributed by atoms with Gasteiger partial charge in [-0.05, 0) is 88.5 Å². The van der Waals surface area contributed by atoms with Gasteiger partial charge in [-0.25, -0.2) is 9.97 Å². The summed E-state index contributed by atoms with van der Waals surface area (Å²) in [4.78, 5) is 11.2. The monoisotopic (exact) mass is 455 g/mol. The predicted molar refractivity (Wildman–Crippen MR) is 138 cm³/mol. The van der Waals surface area contributed by atoms with Crippen LogP contribution in [0.4, 0.5) is 5.82 Å². The fourth-order valence-corrected chi connectivity index (χ4v) is 5.09. The van der Waals surface area contributed by atoms with Crippen LogP contribution in [-0.4, -0.2) is 40.1 Å². The first-order valence-corrected chi connectivity index (χ1v) is 12.2. The van der Waals surface area contributed by atoms with Gasteiger partial charge in [0.05, 0.1) is 5.39 Å². The molecule has 176 valence electrons. The molecule has 2 aromatic carbocycles. The molecule has 0 unspecified atom stereocenters. The van der Waals surface area contributed by atoms with Gasteiger partial charge >= 0.3 is 0 Å². The normalized spacial score (nSPS) is 18.4. The van der Waals surface area contributed by atoms with Gasteiger partial charge in [0.2, 0.25) is 0 Å². The molecule has 34 heavy (non-hydrogen) atoms. The zero-order chi connectivity index (χ0) is 23.5. The average Bonchev–Trinajstić information content (AvgIpc) is 3.25. The number of benzene rings is 2. The molecule has 0 aliphatic heterocycles.